The van der Waals surface area contributed by atoms with E-state index in [0.717, 1.165) is 5.56 Å². The van der Waals surface area contributed by atoms with Crippen LogP contribution in [0, 0.1) is 11.3 Å². The van der Waals surface area contributed by atoms with Gasteiger partial charge in [-0.3, -0.25) is 0 Å². The molecule has 3 aromatic rings. The van der Waals surface area contributed by atoms with Gasteiger partial charge in [0.2, 0.25) is 5.28 Å². The molecular formula is C14H11ClN6. The van der Waals surface area contributed by atoms with Crippen LogP contribution in [0.4, 0.5) is 5.82 Å². The highest BCUT2D eigenvalue weighted by Crippen LogP contribution is 2.21. The Kier molecular flexibility index (Phi) is 3.42. The summed E-state index contributed by atoms with van der Waals surface area (Å²) in [5, 5.41) is 12.1. The molecule has 0 saturated heterocycles. The summed E-state index contributed by atoms with van der Waals surface area (Å²) in [5.74, 6) is 0.592. The van der Waals surface area contributed by atoms with Gasteiger partial charge in [-0.1, -0.05) is 12.1 Å². The van der Waals surface area contributed by atoms with Crippen LogP contribution in [0.3, 0.4) is 0 Å². The molecule has 0 aliphatic carbocycles. The van der Waals surface area contributed by atoms with E-state index in [1.807, 2.05) is 22.8 Å². The van der Waals surface area contributed by atoms with Crippen molar-refractivity contribution in [1.82, 2.24) is 19.5 Å². The molecule has 2 heterocycles. The second-order valence-corrected chi connectivity index (χ2v) is 4.79. The lowest BCUT2D eigenvalue weighted by molar-refractivity contribution is 0.813. The van der Waals surface area contributed by atoms with Crippen LogP contribution in [0.5, 0.6) is 0 Å². The van der Waals surface area contributed by atoms with E-state index in [2.05, 4.69) is 26.3 Å². The van der Waals surface area contributed by atoms with Crippen LogP contribution in [-0.2, 0) is 6.54 Å². The summed E-state index contributed by atoms with van der Waals surface area (Å²) in [6, 6.07) is 9.55. The molecule has 0 bridgehead atoms. The van der Waals surface area contributed by atoms with Crippen LogP contribution < -0.4 is 5.32 Å². The monoisotopic (exact) mass is 298 g/mol. The largest absolute Gasteiger partial charge is 0.371 e. The summed E-state index contributed by atoms with van der Waals surface area (Å²) in [5.41, 5.74) is 2.94. The van der Waals surface area contributed by atoms with Crippen LogP contribution in [0.25, 0.3) is 11.2 Å². The number of benzene rings is 1. The molecule has 21 heavy (non-hydrogen) atoms. The quantitative estimate of drug-likeness (QED) is 0.751. The highest BCUT2D eigenvalue weighted by atomic mass is 35.5. The van der Waals surface area contributed by atoms with Gasteiger partial charge in [0.15, 0.2) is 17.0 Å². The maximum atomic E-state index is 8.95. The first-order chi connectivity index (χ1) is 10.2. The Labute approximate surface area is 126 Å². The predicted molar refractivity (Wildman–Crippen MR) is 80.1 cm³/mol. The third kappa shape index (κ3) is 2.51. The first kappa shape index (κ1) is 13.3. The minimum atomic E-state index is 0.166. The second-order valence-electron chi connectivity index (χ2n) is 4.45. The number of halogens is 1. The maximum Gasteiger partial charge on any atom is 0.226 e. The van der Waals surface area contributed by atoms with Crippen molar-refractivity contribution < 1.29 is 0 Å². The van der Waals surface area contributed by atoms with Gasteiger partial charge in [-0.25, -0.2) is 4.98 Å². The standard InChI is InChI=1S/C14H11ClN6/c1-17-12-11-13(20-14(15)19-12)21(8-18-11)7-10-4-2-3-9(5-10)6-16/h2-5,8H,7H2,1H3,(H,17,19,20). The first-order valence-electron chi connectivity index (χ1n) is 6.26. The van der Waals surface area contributed by atoms with Crippen LogP contribution in [-0.4, -0.2) is 26.6 Å². The molecule has 0 spiro atoms. The van der Waals surface area contributed by atoms with Crippen molar-refractivity contribution in [2.75, 3.05) is 12.4 Å². The third-order valence-corrected chi connectivity index (χ3v) is 3.25. The maximum absolute atomic E-state index is 8.95. The number of nitrogens with one attached hydrogen (secondary N) is 1. The van der Waals surface area contributed by atoms with E-state index in [0.29, 0.717) is 29.1 Å². The Morgan fingerprint density at radius 1 is 1.38 bits per heavy atom. The fourth-order valence-corrected chi connectivity index (χ4v) is 2.31. The molecule has 0 amide bonds. The lowest BCUT2D eigenvalue weighted by atomic mass is 10.1. The molecule has 1 aromatic carbocycles. The van der Waals surface area contributed by atoms with Crippen LogP contribution in [0.1, 0.15) is 11.1 Å². The molecule has 0 aliphatic heterocycles. The van der Waals surface area contributed by atoms with E-state index in [1.165, 1.54) is 0 Å². The smallest absolute Gasteiger partial charge is 0.226 e. The number of aromatic nitrogens is 4. The van der Waals surface area contributed by atoms with Crippen LogP contribution >= 0.6 is 11.6 Å². The normalized spacial score (nSPS) is 10.5. The summed E-state index contributed by atoms with van der Waals surface area (Å²) < 4.78 is 1.88. The summed E-state index contributed by atoms with van der Waals surface area (Å²) in [6.07, 6.45) is 1.69. The highest BCUT2D eigenvalue weighted by Gasteiger charge is 2.11. The predicted octanol–water partition coefficient (Wildman–Crippen LogP) is 2.44. The number of hydrogen-bond donors (Lipinski definition) is 1. The van der Waals surface area contributed by atoms with Crippen molar-refractivity contribution >= 4 is 28.6 Å². The Bertz CT molecular complexity index is 848. The summed E-state index contributed by atoms with van der Waals surface area (Å²) in [4.78, 5) is 12.6. The minimum Gasteiger partial charge on any atom is -0.371 e. The molecule has 0 fully saturated rings. The lowest BCUT2D eigenvalue weighted by Crippen LogP contribution is -2.02. The second kappa shape index (κ2) is 5.38. The first-order valence-corrected chi connectivity index (χ1v) is 6.64. The number of imidazole rings is 1. The van der Waals surface area contributed by atoms with Crippen molar-refractivity contribution in [3.63, 3.8) is 0 Å². The molecule has 7 heteroatoms. The number of hydrogen-bond acceptors (Lipinski definition) is 5. The Balaban J connectivity index is 2.05. The number of fused-ring (bicyclic) bond motifs is 1. The average molecular weight is 299 g/mol. The number of anilines is 1. The van der Waals surface area contributed by atoms with E-state index in [4.69, 9.17) is 16.9 Å². The molecule has 2 aromatic heterocycles. The fraction of sp³-hybridized carbons (Fsp3) is 0.143. The molecule has 0 unspecified atom stereocenters. The van der Waals surface area contributed by atoms with Gasteiger partial charge in [-0.05, 0) is 29.3 Å². The van der Waals surface area contributed by atoms with Gasteiger partial charge in [-0.15, -0.1) is 0 Å². The molecule has 1 N–H and O–H groups in total. The summed E-state index contributed by atoms with van der Waals surface area (Å²) >= 11 is 5.94. The van der Waals surface area contributed by atoms with Gasteiger partial charge in [0.25, 0.3) is 0 Å². The molecule has 0 atom stereocenters. The summed E-state index contributed by atoms with van der Waals surface area (Å²) in [6.45, 7) is 0.558. The van der Waals surface area contributed by atoms with Gasteiger partial charge >= 0.3 is 0 Å². The van der Waals surface area contributed by atoms with Gasteiger partial charge in [-0.2, -0.15) is 15.2 Å². The zero-order valence-corrected chi connectivity index (χ0v) is 12.0. The molecule has 0 aliphatic rings. The van der Waals surface area contributed by atoms with Crippen LogP contribution in [0.2, 0.25) is 5.28 Å². The van der Waals surface area contributed by atoms with E-state index in [1.54, 1.807) is 19.4 Å². The fourth-order valence-electron chi connectivity index (χ4n) is 2.14. The molecule has 0 saturated carbocycles. The molecule has 0 radical (unpaired) electrons. The van der Waals surface area contributed by atoms with E-state index in [9.17, 15) is 0 Å². The van der Waals surface area contributed by atoms with E-state index >= 15 is 0 Å². The average Bonchev–Trinajstić information content (AvgIpc) is 2.89. The van der Waals surface area contributed by atoms with Gasteiger partial charge in [0.05, 0.1) is 24.5 Å². The summed E-state index contributed by atoms with van der Waals surface area (Å²) in [7, 11) is 1.76. The molecule has 3 rings (SSSR count). The Hall–Kier alpha value is -2.65. The third-order valence-electron chi connectivity index (χ3n) is 3.08. The minimum absolute atomic E-state index is 0.166. The van der Waals surface area contributed by atoms with Crippen molar-refractivity contribution in [3.05, 3.63) is 47.0 Å². The lowest BCUT2D eigenvalue weighted by Gasteiger charge is -2.05. The van der Waals surface area contributed by atoms with Crippen molar-refractivity contribution in [3.8, 4) is 6.07 Å². The number of nitriles is 1. The zero-order valence-electron chi connectivity index (χ0n) is 11.2. The van der Waals surface area contributed by atoms with Gasteiger partial charge < -0.3 is 9.88 Å². The topological polar surface area (TPSA) is 79.4 Å². The van der Waals surface area contributed by atoms with E-state index < -0.39 is 0 Å². The Morgan fingerprint density at radius 2 is 2.24 bits per heavy atom. The van der Waals surface area contributed by atoms with Crippen molar-refractivity contribution in [2.24, 2.45) is 0 Å². The van der Waals surface area contributed by atoms with E-state index in [-0.39, 0.29) is 5.28 Å². The highest BCUT2D eigenvalue weighted by molar-refractivity contribution is 6.28. The van der Waals surface area contributed by atoms with Crippen LogP contribution in [0.15, 0.2) is 30.6 Å². The molecular weight excluding hydrogens is 288 g/mol. The number of nitrogens with zero attached hydrogens (tertiary/aromatic N) is 5. The molecule has 104 valence electrons. The Morgan fingerprint density at radius 3 is 3.00 bits per heavy atom. The number of rotatable bonds is 3. The van der Waals surface area contributed by atoms with Gasteiger partial charge in [0, 0.05) is 7.05 Å². The zero-order chi connectivity index (χ0) is 14.8. The SMILES string of the molecule is CNc1nc(Cl)nc2c1ncn2Cc1cccc(C#N)c1. The van der Waals surface area contributed by atoms with Gasteiger partial charge in [0.1, 0.15) is 0 Å². The van der Waals surface area contributed by atoms with Crippen molar-refractivity contribution in [1.29, 1.82) is 5.26 Å². The molecule has 6 nitrogen and oxygen atoms in total. The van der Waals surface area contributed by atoms with Crippen molar-refractivity contribution in [2.45, 2.75) is 6.54 Å².